The van der Waals surface area contributed by atoms with Gasteiger partial charge in [-0.25, -0.2) is 0 Å². The zero-order valence-electron chi connectivity index (χ0n) is 11.7. The minimum Gasteiger partial charge on any atom is -0.303 e. The molecule has 0 aromatic heterocycles. The van der Waals surface area contributed by atoms with Crippen molar-refractivity contribution in [1.82, 2.24) is 0 Å². The zero-order chi connectivity index (χ0) is 12.4. The standard InChI is InChI=1S/C15H30O/c1-5-13(2)8-6-9-14(3)10-7-11-15(4)12-16/h12-15H,5-11H2,1-4H3/t13-,14-,15-/m1/s1. The summed E-state index contributed by atoms with van der Waals surface area (Å²) in [5.41, 5.74) is 0. The Morgan fingerprint density at radius 2 is 1.38 bits per heavy atom. The fraction of sp³-hybridized carbons (Fsp3) is 0.933. The molecule has 0 fully saturated rings. The van der Waals surface area contributed by atoms with E-state index in [0.29, 0.717) is 0 Å². The minimum absolute atomic E-state index is 0.257. The highest BCUT2D eigenvalue weighted by atomic mass is 16.1. The van der Waals surface area contributed by atoms with Crippen molar-refractivity contribution in [2.45, 2.75) is 72.6 Å². The van der Waals surface area contributed by atoms with Crippen molar-refractivity contribution in [1.29, 1.82) is 0 Å². The normalized spacial score (nSPS) is 16.8. The molecule has 0 saturated carbocycles. The molecule has 3 atom stereocenters. The number of hydrogen-bond donors (Lipinski definition) is 0. The van der Waals surface area contributed by atoms with E-state index in [9.17, 15) is 4.79 Å². The van der Waals surface area contributed by atoms with Crippen LogP contribution in [0, 0.1) is 17.8 Å². The first-order chi connectivity index (χ1) is 7.60. The summed E-state index contributed by atoms with van der Waals surface area (Å²) >= 11 is 0. The molecule has 0 saturated heterocycles. The van der Waals surface area contributed by atoms with Gasteiger partial charge >= 0.3 is 0 Å². The van der Waals surface area contributed by atoms with Gasteiger partial charge in [-0.15, -0.1) is 0 Å². The second-order valence-electron chi connectivity index (χ2n) is 5.59. The topological polar surface area (TPSA) is 17.1 Å². The number of rotatable bonds is 10. The van der Waals surface area contributed by atoms with Gasteiger partial charge in [-0.1, -0.05) is 66.2 Å². The molecular formula is C15H30O. The van der Waals surface area contributed by atoms with Crippen LogP contribution < -0.4 is 0 Å². The van der Waals surface area contributed by atoms with E-state index < -0.39 is 0 Å². The molecule has 0 aliphatic heterocycles. The van der Waals surface area contributed by atoms with Crippen molar-refractivity contribution >= 4 is 6.29 Å². The van der Waals surface area contributed by atoms with Gasteiger partial charge in [0.2, 0.25) is 0 Å². The minimum atomic E-state index is 0.257. The van der Waals surface area contributed by atoms with Crippen molar-refractivity contribution in [3.05, 3.63) is 0 Å². The molecule has 1 heteroatoms. The van der Waals surface area contributed by atoms with Crippen LogP contribution >= 0.6 is 0 Å². The van der Waals surface area contributed by atoms with Crippen LogP contribution in [0.1, 0.15) is 72.6 Å². The van der Waals surface area contributed by atoms with Gasteiger partial charge in [-0.3, -0.25) is 0 Å². The van der Waals surface area contributed by atoms with E-state index in [4.69, 9.17) is 0 Å². The fourth-order valence-corrected chi connectivity index (χ4v) is 2.02. The predicted octanol–water partition coefficient (Wildman–Crippen LogP) is 4.84. The summed E-state index contributed by atoms with van der Waals surface area (Å²) in [4.78, 5) is 10.5. The van der Waals surface area contributed by atoms with Crippen LogP contribution in [0.4, 0.5) is 0 Å². The molecule has 0 aliphatic rings. The highest BCUT2D eigenvalue weighted by molar-refractivity contribution is 5.52. The molecular weight excluding hydrogens is 196 g/mol. The van der Waals surface area contributed by atoms with Crippen molar-refractivity contribution in [2.24, 2.45) is 17.8 Å². The molecule has 0 spiro atoms. The lowest BCUT2D eigenvalue weighted by atomic mass is 9.93. The first-order valence-electron chi connectivity index (χ1n) is 7.05. The quantitative estimate of drug-likeness (QED) is 0.487. The Kier molecular flexibility index (Phi) is 9.66. The molecule has 0 aliphatic carbocycles. The predicted molar refractivity (Wildman–Crippen MR) is 71.5 cm³/mol. The molecule has 16 heavy (non-hydrogen) atoms. The summed E-state index contributed by atoms with van der Waals surface area (Å²) in [6.07, 6.45) is 10.1. The lowest BCUT2D eigenvalue weighted by molar-refractivity contribution is -0.110. The molecule has 0 aromatic carbocycles. The Bertz CT molecular complexity index is 165. The molecule has 96 valence electrons. The summed E-state index contributed by atoms with van der Waals surface area (Å²) in [5, 5.41) is 0. The van der Waals surface area contributed by atoms with Crippen molar-refractivity contribution in [2.75, 3.05) is 0 Å². The van der Waals surface area contributed by atoms with Crippen molar-refractivity contribution < 1.29 is 4.79 Å². The Labute approximate surface area is 102 Å². The van der Waals surface area contributed by atoms with Crippen molar-refractivity contribution in [3.8, 4) is 0 Å². The van der Waals surface area contributed by atoms with E-state index in [2.05, 4.69) is 20.8 Å². The second kappa shape index (κ2) is 9.86. The molecule has 0 radical (unpaired) electrons. The average molecular weight is 226 g/mol. The molecule has 0 heterocycles. The summed E-state index contributed by atoms with van der Waals surface area (Å²) in [5.74, 6) is 1.98. The van der Waals surface area contributed by atoms with Gasteiger partial charge in [0.15, 0.2) is 0 Å². The van der Waals surface area contributed by atoms with Gasteiger partial charge in [0.1, 0.15) is 6.29 Å². The van der Waals surface area contributed by atoms with E-state index in [1.165, 1.54) is 38.5 Å². The van der Waals surface area contributed by atoms with Gasteiger partial charge in [0.25, 0.3) is 0 Å². The van der Waals surface area contributed by atoms with Gasteiger partial charge in [0.05, 0.1) is 0 Å². The van der Waals surface area contributed by atoms with E-state index in [-0.39, 0.29) is 5.92 Å². The van der Waals surface area contributed by atoms with Crippen LogP contribution in [0.25, 0.3) is 0 Å². The maximum absolute atomic E-state index is 10.5. The third-order valence-electron chi connectivity index (χ3n) is 3.68. The van der Waals surface area contributed by atoms with Crippen LogP contribution in [-0.2, 0) is 4.79 Å². The average Bonchev–Trinajstić information content (AvgIpc) is 2.28. The molecule has 0 rings (SSSR count). The second-order valence-corrected chi connectivity index (χ2v) is 5.59. The molecule has 0 unspecified atom stereocenters. The number of carbonyl (C=O) groups is 1. The lowest BCUT2D eigenvalue weighted by Crippen LogP contribution is -2.00. The largest absolute Gasteiger partial charge is 0.303 e. The first-order valence-corrected chi connectivity index (χ1v) is 7.05. The van der Waals surface area contributed by atoms with E-state index in [1.54, 1.807) is 0 Å². The van der Waals surface area contributed by atoms with Crippen molar-refractivity contribution in [3.63, 3.8) is 0 Å². The summed E-state index contributed by atoms with van der Waals surface area (Å²) in [6, 6.07) is 0. The van der Waals surface area contributed by atoms with Gasteiger partial charge in [-0.05, 0) is 18.3 Å². The van der Waals surface area contributed by atoms with Gasteiger partial charge < -0.3 is 4.79 Å². The Balaban J connectivity index is 3.37. The highest BCUT2D eigenvalue weighted by Crippen LogP contribution is 2.19. The monoisotopic (exact) mass is 226 g/mol. The van der Waals surface area contributed by atoms with Crippen LogP contribution in [0.3, 0.4) is 0 Å². The number of carbonyl (C=O) groups excluding carboxylic acids is 1. The third kappa shape index (κ3) is 8.94. The van der Waals surface area contributed by atoms with Crippen LogP contribution in [0.15, 0.2) is 0 Å². The SMILES string of the molecule is CC[C@@H](C)CCC[C@@H](C)CCC[C@@H](C)C=O. The molecule has 1 nitrogen and oxygen atoms in total. The molecule has 0 bridgehead atoms. The van der Waals surface area contributed by atoms with E-state index >= 15 is 0 Å². The summed E-state index contributed by atoms with van der Waals surface area (Å²) < 4.78 is 0. The number of aldehydes is 1. The van der Waals surface area contributed by atoms with E-state index in [1.807, 2.05) is 6.92 Å². The molecule has 0 amide bonds. The zero-order valence-corrected chi connectivity index (χ0v) is 11.7. The van der Waals surface area contributed by atoms with Crippen LogP contribution in [-0.4, -0.2) is 6.29 Å². The number of hydrogen-bond acceptors (Lipinski definition) is 1. The summed E-state index contributed by atoms with van der Waals surface area (Å²) in [7, 11) is 0. The van der Waals surface area contributed by atoms with Crippen LogP contribution in [0.5, 0.6) is 0 Å². The smallest absolute Gasteiger partial charge is 0.122 e. The van der Waals surface area contributed by atoms with Crippen LogP contribution in [0.2, 0.25) is 0 Å². The van der Waals surface area contributed by atoms with Gasteiger partial charge in [-0.2, -0.15) is 0 Å². The fourth-order valence-electron chi connectivity index (χ4n) is 2.02. The first kappa shape index (κ1) is 15.7. The summed E-state index contributed by atoms with van der Waals surface area (Å²) in [6.45, 7) is 8.98. The lowest BCUT2D eigenvalue weighted by Gasteiger charge is -2.13. The van der Waals surface area contributed by atoms with Gasteiger partial charge in [0, 0.05) is 5.92 Å². The maximum Gasteiger partial charge on any atom is 0.122 e. The van der Waals surface area contributed by atoms with E-state index in [0.717, 1.165) is 24.5 Å². The maximum atomic E-state index is 10.5. The Hall–Kier alpha value is -0.330. The Morgan fingerprint density at radius 3 is 1.88 bits per heavy atom. The highest BCUT2D eigenvalue weighted by Gasteiger charge is 2.05. The third-order valence-corrected chi connectivity index (χ3v) is 3.68. The molecule has 0 N–H and O–H groups in total. The molecule has 0 aromatic rings. The Morgan fingerprint density at radius 1 is 0.875 bits per heavy atom.